The van der Waals surface area contributed by atoms with Crippen molar-refractivity contribution in [3.8, 4) is 0 Å². The molecule has 0 spiro atoms. The highest BCUT2D eigenvalue weighted by Crippen LogP contribution is 2.37. The van der Waals surface area contributed by atoms with Gasteiger partial charge in [-0.05, 0) is 42.3 Å². The van der Waals surface area contributed by atoms with E-state index >= 15 is 0 Å². The van der Waals surface area contributed by atoms with Crippen molar-refractivity contribution in [2.45, 2.75) is 35.2 Å². The van der Waals surface area contributed by atoms with E-state index in [1.165, 1.54) is 18.2 Å². The highest BCUT2D eigenvalue weighted by Gasteiger charge is 2.50. The lowest BCUT2D eigenvalue weighted by atomic mass is 10.1. The van der Waals surface area contributed by atoms with E-state index in [0.717, 1.165) is 5.56 Å². The molecule has 2 bridgehead atoms. The Kier molecular flexibility index (Phi) is 4.25. The molecule has 4 nitrogen and oxygen atoms in total. The fourth-order valence-electron chi connectivity index (χ4n) is 3.89. The fraction of sp³-hybridized carbons (Fsp3) is 0.250. The summed E-state index contributed by atoms with van der Waals surface area (Å²) < 4.78 is 39.7. The van der Waals surface area contributed by atoms with Gasteiger partial charge in [0.15, 0.2) is 15.6 Å². The lowest BCUT2D eigenvalue weighted by molar-refractivity contribution is -0.119. The maximum Gasteiger partial charge on any atom is 0.183 e. The maximum atomic E-state index is 13.5. The Balaban J connectivity index is 1.68. The van der Waals surface area contributed by atoms with Gasteiger partial charge in [0.1, 0.15) is 5.82 Å². The van der Waals surface area contributed by atoms with Gasteiger partial charge in [-0.1, -0.05) is 36.4 Å². The molecule has 0 aliphatic carbocycles. The van der Waals surface area contributed by atoms with Crippen LogP contribution in [0.4, 0.5) is 4.39 Å². The number of sulfone groups is 1. The van der Waals surface area contributed by atoms with Gasteiger partial charge < -0.3 is 0 Å². The summed E-state index contributed by atoms with van der Waals surface area (Å²) in [5, 5.41) is -0.689. The molecule has 0 saturated carbocycles. The van der Waals surface area contributed by atoms with E-state index in [-0.39, 0.29) is 22.9 Å². The zero-order valence-corrected chi connectivity index (χ0v) is 14.8. The Bertz CT molecular complexity index is 972. The largest absolute Gasteiger partial charge is 0.293 e. The summed E-state index contributed by atoms with van der Waals surface area (Å²) in [7, 11) is -3.57. The van der Waals surface area contributed by atoms with Crippen molar-refractivity contribution < 1.29 is 17.6 Å². The number of ketones is 1. The molecule has 4 rings (SSSR count). The highest BCUT2D eigenvalue weighted by atomic mass is 32.2. The van der Waals surface area contributed by atoms with Crippen LogP contribution in [-0.2, 0) is 21.2 Å². The van der Waals surface area contributed by atoms with E-state index in [9.17, 15) is 17.6 Å². The van der Waals surface area contributed by atoms with Crippen LogP contribution in [0.1, 0.15) is 12.0 Å². The van der Waals surface area contributed by atoms with Crippen LogP contribution in [0.5, 0.6) is 0 Å². The maximum absolute atomic E-state index is 13.5. The van der Waals surface area contributed by atoms with Gasteiger partial charge in [0.2, 0.25) is 0 Å². The molecular formula is C20H18FNO3S. The summed E-state index contributed by atoms with van der Waals surface area (Å²) in [6.45, 7) is 0.337. The fourth-order valence-corrected chi connectivity index (χ4v) is 5.83. The molecule has 26 heavy (non-hydrogen) atoms. The van der Waals surface area contributed by atoms with Crippen LogP contribution in [0, 0.1) is 5.82 Å². The molecule has 0 unspecified atom stereocenters. The molecule has 2 aromatic rings. The predicted octanol–water partition coefficient (Wildman–Crippen LogP) is 2.75. The van der Waals surface area contributed by atoms with Gasteiger partial charge in [-0.3, -0.25) is 9.69 Å². The summed E-state index contributed by atoms with van der Waals surface area (Å²) in [6, 6.07) is 13.6. The van der Waals surface area contributed by atoms with Crippen LogP contribution in [-0.4, -0.2) is 36.4 Å². The number of rotatable bonds is 4. The minimum Gasteiger partial charge on any atom is -0.293 e. The number of carbonyl (C=O) groups is 1. The van der Waals surface area contributed by atoms with E-state index in [2.05, 4.69) is 0 Å². The molecule has 0 amide bonds. The van der Waals surface area contributed by atoms with Crippen LogP contribution in [0.2, 0.25) is 0 Å². The van der Waals surface area contributed by atoms with E-state index in [0.29, 0.717) is 6.54 Å². The van der Waals surface area contributed by atoms with Crippen LogP contribution in [0.25, 0.3) is 0 Å². The van der Waals surface area contributed by atoms with Gasteiger partial charge in [0.25, 0.3) is 0 Å². The summed E-state index contributed by atoms with van der Waals surface area (Å²) in [5.74, 6) is -0.439. The molecule has 1 saturated heterocycles. The van der Waals surface area contributed by atoms with Crippen LogP contribution < -0.4 is 0 Å². The van der Waals surface area contributed by atoms with Crippen molar-refractivity contribution >= 4 is 15.6 Å². The molecule has 2 aromatic carbocycles. The molecule has 134 valence electrons. The van der Waals surface area contributed by atoms with E-state index < -0.39 is 27.2 Å². The first-order chi connectivity index (χ1) is 12.5. The zero-order chi connectivity index (χ0) is 18.3. The Morgan fingerprint density at radius 3 is 2.58 bits per heavy atom. The van der Waals surface area contributed by atoms with E-state index in [1.807, 2.05) is 4.90 Å². The van der Waals surface area contributed by atoms with Crippen molar-refractivity contribution in [3.05, 3.63) is 78.1 Å². The SMILES string of the molecule is O=C1C=C[C@H]2[C@@H](S(=O)(=O)c3ccccc3)C[C@@H]1N2Cc1cccc(F)c1. The summed E-state index contributed by atoms with van der Waals surface area (Å²) in [6.07, 6.45) is 3.41. The van der Waals surface area contributed by atoms with Gasteiger partial charge in [0.05, 0.1) is 16.2 Å². The number of nitrogens with zero attached hydrogens (tertiary/aromatic N) is 1. The smallest absolute Gasteiger partial charge is 0.183 e. The molecule has 0 radical (unpaired) electrons. The summed E-state index contributed by atoms with van der Waals surface area (Å²) >= 11 is 0. The second kappa shape index (κ2) is 6.45. The van der Waals surface area contributed by atoms with E-state index in [1.54, 1.807) is 48.5 Å². The van der Waals surface area contributed by atoms with Gasteiger partial charge in [-0.25, -0.2) is 12.8 Å². The average molecular weight is 371 g/mol. The minimum absolute atomic E-state index is 0.0941. The first-order valence-electron chi connectivity index (χ1n) is 8.48. The Morgan fingerprint density at radius 1 is 1.08 bits per heavy atom. The lowest BCUT2D eigenvalue weighted by Crippen LogP contribution is -2.44. The molecule has 2 heterocycles. The lowest BCUT2D eigenvalue weighted by Gasteiger charge is -2.31. The monoisotopic (exact) mass is 371 g/mol. The van der Waals surface area contributed by atoms with E-state index in [4.69, 9.17) is 0 Å². The number of carbonyl (C=O) groups excluding carboxylic acids is 1. The molecule has 2 aliphatic rings. The van der Waals surface area contributed by atoms with Gasteiger partial charge in [-0.15, -0.1) is 0 Å². The molecule has 3 atom stereocenters. The number of benzene rings is 2. The quantitative estimate of drug-likeness (QED) is 0.829. The molecule has 0 aromatic heterocycles. The standard InChI is InChI=1S/C20H18FNO3S/c21-15-6-4-5-14(11-15)13-22-17-9-10-19(23)18(22)12-20(17)26(24,25)16-7-2-1-3-8-16/h1-11,17-18,20H,12-13H2/t17-,18-,20-/m0/s1. The number of fused-ring (bicyclic) bond motifs is 2. The van der Waals surface area contributed by atoms with Crippen molar-refractivity contribution in [1.29, 1.82) is 0 Å². The molecule has 1 fully saturated rings. The summed E-state index contributed by atoms with van der Waals surface area (Å²) in [5.41, 5.74) is 0.723. The van der Waals surface area contributed by atoms with Crippen molar-refractivity contribution in [2.24, 2.45) is 0 Å². The average Bonchev–Trinajstić information content (AvgIpc) is 2.89. The third kappa shape index (κ3) is 2.89. The van der Waals surface area contributed by atoms with Gasteiger partial charge in [0, 0.05) is 12.6 Å². The second-order valence-corrected chi connectivity index (χ2v) is 8.87. The topological polar surface area (TPSA) is 54.5 Å². The van der Waals surface area contributed by atoms with Crippen LogP contribution in [0.15, 0.2) is 71.6 Å². The van der Waals surface area contributed by atoms with Gasteiger partial charge in [-0.2, -0.15) is 0 Å². The summed E-state index contributed by atoms with van der Waals surface area (Å²) in [4.78, 5) is 14.5. The minimum atomic E-state index is -3.57. The normalized spacial score (nSPS) is 25.6. The Hall–Kier alpha value is -2.31. The molecule has 0 N–H and O–H groups in total. The van der Waals surface area contributed by atoms with Crippen molar-refractivity contribution in [2.75, 3.05) is 0 Å². The molecule has 6 heteroatoms. The van der Waals surface area contributed by atoms with Crippen LogP contribution >= 0.6 is 0 Å². The molecule has 2 aliphatic heterocycles. The molecular weight excluding hydrogens is 353 g/mol. The number of hydrogen-bond acceptors (Lipinski definition) is 4. The first kappa shape index (κ1) is 17.1. The van der Waals surface area contributed by atoms with Crippen molar-refractivity contribution in [1.82, 2.24) is 4.90 Å². The highest BCUT2D eigenvalue weighted by molar-refractivity contribution is 7.92. The Labute approximate surface area is 151 Å². The number of halogens is 1. The van der Waals surface area contributed by atoms with Gasteiger partial charge >= 0.3 is 0 Å². The predicted molar refractivity (Wildman–Crippen MR) is 95.7 cm³/mol. The third-order valence-corrected chi connectivity index (χ3v) is 7.33. The Morgan fingerprint density at radius 2 is 1.85 bits per heavy atom. The number of hydrogen-bond donors (Lipinski definition) is 0. The second-order valence-electron chi connectivity index (χ2n) is 6.70. The van der Waals surface area contributed by atoms with Crippen molar-refractivity contribution in [3.63, 3.8) is 0 Å². The zero-order valence-electron chi connectivity index (χ0n) is 14.0. The third-order valence-electron chi connectivity index (χ3n) is 5.13. The first-order valence-corrected chi connectivity index (χ1v) is 10.0. The van der Waals surface area contributed by atoms with Crippen LogP contribution in [0.3, 0.4) is 0 Å².